The van der Waals surface area contributed by atoms with Crippen molar-refractivity contribution >= 4 is 53.3 Å². The minimum atomic E-state index is -0.214. The van der Waals surface area contributed by atoms with E-state index >= 15 is 0 Å². The summed E-state index contributed by atoms with van der Waals surface area (Å²) in [6.45, 7) is 3.16. The molecule has 114 valence electrons. The lowest BCUT2D eigenvalue weighted by atomic mass is 10.3. The van der Waals surface area contributed by atoms with Crippen LogP contribution in [-0.4, -0.2) is 24.2 Å². The molecule has 0 aromatic heterocycles. The van der Waals surface area contributed by atoms with Crippen LogP contribution in [0.4, 0.5) is 0 Å². The Balaban J connectivity index is 0.00000361. The highest BCUT2D eigenvalue weighted by atomic mass is 35.5. The smallest absolute Gasteiger partial charge is 0.233 e. The van der Waals surface area contributed by atoms with Gasteiger partial charge < -0.3 is 11.1 Å². The van der Waals surface area contributed by atoms with E-state index in [9.17, 15) is 4.79 Å². The maximum absolute atomic E-state index is 11.9. The number of rotatable bonds is 7. The molecule has 0 aliphatic carbocycles. The molecule has 7 heteroatoms. The second-order valence-electron chi connectivity index (χ2n) is 4.12. The summed E-state index contributed by atoms with van der Waals surface area (Å²) in [6.07, 6.45) is 1.82. The summed E-state index contributed by atoms with van der Waals surface area (Å²) in [5.41, 5.74) is 5.39. The van der Waals surface area contributed by atoms with Crippen LogP contribution >= 0.6 is 47.4 Å². The molecule has 1 atom stereocenters. The lowest BCUT2D eigenvalue weighted by molar-refractivity contribution is -0.120. The zero-order valence-corrected chi connectivity index (χ0v) is 14.3. The number of nitrogens with two attached hydrogens (primary N) is 1. The van der Waals surface area contributed by atoms with E-state index in [-0.39, 0.29) is 23.6 Å². The van der Waals surface area contributed by atoms with Crippen molar-refractivity contribution in [1.29, 1.82) is 0 Å². The van der Waals surface area contributed by atoms with Gasteiger partial charge in [0.1, 0.15) is 0 Å². The monoisotopic (exact) mass is 356 g/mol. The Morgan fingerprint density at radius 3 is 2.75 bits per heavy atom. The normalized spacial score (nSPS) is 11.6. The molecule has 3 nitrogen and oxygen atoms in total. The van der Waals surface area contributed by atoms with E-state index in [0.717, 1.165) is 17.7 Å². The second-order valence-corrected chi connectivity index (χ2v) is 6.35. The highest BCUT2D eigenvalue weighted by Gasteiger charge is 2.15. The molecule has 1 unspecified atom stereocenters. The Bertz CT molecular complexity index is 432. The van der Waals surface area contributed by atoms with Gasteiger partial charge in [0.05, 0.1) is 10.3 Å². The molecule has 1 aromatic carbocycles. The molecule has 1 aromatic rings. The summed E-state index contributed by atoms with van der Waals surface area (Å²) in [4.78, 5) is 12.7. The first kappa shape index (κ1) is 19.9. The van der Waals surface area contributed by atoms with Gasteiger partial charge in [-0.05, 0) is 44.5 Å². The Morgan fingerprint density at radius 2 is 2.10 bits per heavy atom. The van der Waals surface area contributed by atoms with Gasteiger partial charge in [0.15, 0.2) is 0 Å². The SMILES string of the molecule is CC(Sc1cc(Cl)ccc1Cl)C(=O)NCCCCN.Cl. The number of carbonyl (C=O) groups is 1. The number of benzene rings is 1. The standard InChI is InChI=1S/C13H18Cl2N2OS.ClH/c1-9(13(18)17-7-3-2-6-16)19-12-8-10(14)4-5-11(12)15;/h4-5,8-9H,2-3,6-7,16H2,1H3,(H,17,18);1H. The second kappa shape index (κ2) is 10.6. The molecule has 0 saturated carbocycles. The first-order valence-electron chi connectivity index (χ1n) is 6.14. The van der Waals surface area contributed by atoms with Gasteiger partial charge in [-0.1, -0.05) is 23.2 Å². The molecule has 1 amide bonds. The predicted molar refractivity (Wildman–Crippen MR) is 90.3 cm³/mol. The summed E-state index contributed by atoms with van der Waals surface area (Å²) in [6, 6.07) is 5.23. The van der Waals surface area contributed by atoms with Crippen LogP contribution in [0.2, 0.25) is 10.0 Å². The third-order valence-electron chi connectivity index (χ3n) is 2.50. The molecule has 0 fully saturated rings. The third-order valence-corrected chi connectivity index (χ3v) is 4.33. The number of nitrogens with one attached hydrogen (secondary N) is 1. The average molecular weight is 358 g/mol. The minimum absolute atomic E-state index is 0. The van der Waals surface area contributed by atoms with E-state index in [1.165, 1.54) is 11.8 Å². The molecule has 0 spiro atoms. The van der Waals surface area contributed by atoms with E-state index in [1.807, 2.05) is 6.92 Å². The van der Waals surface area contributed by atoms with Gasteiger partial charge in [0.25, 0.3) is 0 Å². The van der Waals surface area contributed by atoms with Crippen molar-refractivity contribution in [2.45, 2.75) is 29.9 Å². The molecule has 0 heterocycles. The number of hydrogen-bond acceptors (Lipinski definition) is 3. The topological polar surface area (TPSA) is 55.1 Å². The number of carbonyl (C=O) groups excluding carboxylic acids is 1. The maximum Gasteiger partial charge on any atom is 0.233 e. The van der Waals surface area contributed by atoms with Crippen molar-refractivity contribution in [1.82, 2.24) is 5.32 Å². The maximum atomic E-state index is 11.9. The fourth-order valence-electron chi connectivity index (χ4n) is 1.44. The minimum Gasteiger partial charge on any atom is -0.355 e. The van der Waals surface area contributed by atoms with Crippen LogP contribution in [0, 0.1) is 0 Å². The van der Waals surface area contributed by atoms with Gasteiger partial charge in [0.2, 0.25) is 5.91 Å². The molecular weight excluding hydrogens is 339 g/mol. The summed E-state index contributed by atoms with van der Waals surface area (Å²) < 4.78 is 0. The largest absolute Gasteiger partial charge is 0.355 e. The number of amides is 1. The lowest BCUT2D eigenvalue weighted by Gasteiger charge is -2.13. The molecular formula is C13H19Cl3N2OS. The first-order chi connectivity index (χ1) is 9.04. The Morgan fingerprint density at radius 1 is 1.40 bits per heavy atom. The van der Waals surface area contributed by atoms with E-state index in [0.29, 0.717) is 23.1 Å². The molecule has 0 aliphatic rings. The molecule has 20 heavy (non-hydrogen) atoms. The molecule has 3 N–H and O–H groups in total. The first-order valence-corrected chi connectivity index (χ1v) is 7.77. The summed E-state index contributed by atoms with van der Waals surface area (Å²) in [5, 5.41) is 3.89. The van der Waals surface area contributed by atoms with Gasteiger partial charge in [-0.2, -0.15) is 0 Å². The van der Waals surface area contributed by atoms with Crippen LogP contribution in [0.25, 0.3) is 0 Å². The van der Waals surface area contributed by atoms with Crippen molar-refractivity contribution in [3.63, 3.8) is 0 Å². The van der Waals surface area contributed by atoms with E-state index in [4.69, 9.17) is 28.9 Å². The molecule has 1 rings (SSSR count). The highest BCUT2D eigenvalue weighted by Crippen LogP contribution is 2.32. The third kappa shape index (κ3) is 7.04. The van der Waals surface area contributed by atoms with Gasteiger partial charge in [-0.15, -0.1) is 24.2 Å². The Hall–Kier alpha value is -0.130. The molecule has 0 saturated heterocycles. The zero-order valence-electron chi connectivity index (χ0n) is 11.2. The zero-order chi connectivity index (χ0) is 14.3. The summed E-state index contributed by atoms with van der Waals surface area (Å²) in [7, 11) is 0. The van der Waals surface area contributed by atoms with Gasteiger partial charge in [-0.25, -0.2) is 0 Å². The van der Waals surface area contributed by atoms with Gasteiger partial charge in [-0.3, -0.25) is 4.79 Å². The lowest BCUT2D eigenvalue weighted by Crippen LogP contribution is -2.31. The summed E-state index contributed by atoms with van der Waals surface area (Å²) >= 11 is 13.4. The van der Waals surface area contributed by atoms with Crippen LogP contribution in [0.3, 0.4) is 0 Å². The fraction of sp³-hybridized carbons (Fsp3) is 0.462. The van der Waals surface area contributed by atoms with Crippen LogP contribution < -0.4 is 11.1 Å². The van der Waals surface area contributed by atoms with E-state index < -0.39 is 0 Å². The highest BCUT2D eigenvalue weighted by molar-refractivity contribution is 8.00. The number of hydrogen-bond donors (Lipinski definition) is 2. The van der Waals surface area contributed by atoms with Crippen LogP contribution in [-0.2, 0) is 4.79 Å². The van der Waals surface area contributed by atoms with E-state index in [2.05, 4.69) is 5.32 Å². The number of thioether (sulfide) groups is 1. The van der Waals surface area contributed by atoms with Crippen LogP contribution in [0.5, 0.6) is 0 Å². The van der Waals surface area contributed by atoms with Crippen LogP contribution in [0.1, 0.15) is 19.8 Å². The number of halogens is 3. The van der Waals surface area contributed by atoms with Gasteiger partial charge in [0, 0.05) is 16.5 Å². The van der Waals surface area contributed by atoms with Crippen molar-refractivity contribution in [3.05, 3.63) is 28.2 Å². The Kier molecular flexibility index (Phi) is 10.5. The van der Waals surface area contributed by atoms with Crippen molar-refractivity contribution in [2.24, 2.45) is 5.73 Å². The van der Waals surface area contributed by atoms with Crippen LogP contribution in [0.15, 0.2) is 23.1 Å². The summed E-state index contributed by atoms with van der Waals surface area (Å²) in [5.74, 6) is -0.00179. The average Bonchev–Trinajstić information content (AvgIpc) is 2.38. The fourth-order valence-corrected chi connectivity index (χ4v) is 2.87. The quantitative estimate of drug-likeness (QED) is 0.577. The van der Waals surface area contributed by atoms with E-state index in [1.54, 1.807) is 18.2 Å². The number of unbranched alkanes of at least 4 members (excludes halogenated alkanes) is 1. The molecule has 0 radical (unpaired) electrons. The molecule has 0 bridgehead atoms. The predicted octanol–water partition coefficient (Wildman–Crippen LogP) is 3.75. The van der Waals surface area contributed by atoms with Crippen molar-refractivity contribution < 1.29 is 4.79 Å². The van der Waals surface area contributed by atoms with Crippen molar-refractivity contribution in [2.75, 3.05) is 13.1 Å². The molecule has 0 aliphatic heterocycles. The van der Waals surface area contributed by atoms with Gasteiger partial charge >= 0.3 is 0 Å². The van der Waals surface area contributed by atoms with Crippen molar-refractivity contribution in [3.8, 4) is 0 Å². The Labute approximate surface area is 140 Å².